The van der Waals surface area contributed by atoms with E-state index in [0.29, 0.717) is 14.9 Å². The Bertz CT molecular complexity index is 743. The molecule has 0 saturated heterocycles. The minimum atomic E-state index is -0.470. The van der Waals surface area contributed by atoms with Crippen molar-refractivity contribution in [3.63, 3.8) is 0 Å². The molecule has 24 heavy (non-hydrogen) atoms. The lowest BCUT2D eigenvalue weighted by Gasteiger charge is -2.05. The Labute approximate surface area is 152 Å². The molecule has 0 saturated carbocycles. The smallest absolute Gasteiger partial charge is 0.316 e. The lowest BCUT2D eigenvalue weighted by molar-refractivity contribution is -0.139. The molecular formula is C16H14ClNO4S2. The number of Topliss-reactive ketones (excluding diaryl/α,β-unsaturated/α-hetero) is 1. The Hall–Kier alpha value is -1.83. The molecule has 2 aromatic rings. The van der Waals surface area contributed by atoms with E-state index >= 15 is 0 Å². The second-order valence-electron chi connectivity index (χ2n) is 4.68. The monoisotopic (exact) mass is 383 g/mol. The fourth-order valence-electron chi connectivity index (χ4n) is 1.70. The average Bonchev–Trinajstić information content (AvgIpc) is 2.98. The number of esters is 1. The maximum atomic E-state index is 11.8. The van der Waals surface area contributed by atoms with Gasteiger partial charge in [-0.3, -0.25) is 14.4 Å². The minimum absolute atomic E-state index is 0.0952. The first-order chi connectivity index (χ1) is 11.4. The van der Waals surface area contributed by atoms with Crippen molar-refractivity contribution in [3.8, 4) is 0 Å². The Morgan fingerprint density at radius 3 is 2.46 bits per heavy atom. The summed E-state index contributed by atoms with van der Waals surface area (Å²) in [6.07, 6.45) is 0. The van der Waals surface area contributed by atoms with Crippen LogP contribution in [0.2, 0.25) is 4.34 Å². The van der Waals surface area contributed by atoms with Gasteiger partial charge in [0.2, 0.25) is 11.7 Å². The van der Waals surface area contributed by atoms with Crippen molar-refractivity contribution in [1.29, 1.82) is 0 Å². The molecular weight excluding hydrogens is 370 g/mol. The molecule has 8 heteroatoms. The molecule has 0 spiro atoms. The lowest BCUT2D eigenvalue weighted by Crippen LogP contribution is -2.14. The van der Waals surface area contributed by atoms with Crippen molar-refractivity contribution < 1.29 is 19.1 Å². The quantitative estimate of drug-likeness (QED) is 0.446. The largest absolute Gasteiger partial charge is 0.457 e. The number of anilines is 1. The molecule has 0 radical (unpaired) electrons. The van der Waals surface area contributed by atoms with Crippen molar-refractivity contribution in [3.05, 3.63) is 45.6 Å². The van der Waals surface area contributed by atoms with Crippen molar-refractivity contribution in [2.75, 3.05) is 17.7 Å². The van der Waals surface area contributed by atoms with Crippen LogP contribution >= 0.6 is 34.7 Å². The van der Waals surface area contributed by atoms with E-state index in [4.69, 9.17) is 16.3 Å². The van der Waals surface area contributed by atoms with Gasteiger partial charge >= 0.3 is 5.97 Å². The Morgan fingerprint density at radius 2 is 1.88 bits per heavy atom. The zero-order valence-electron chi connectivity index (χ0n) is 12.7. The number of hydrogen-bond acceptors (Lipinski definition) is 6. The summed E-state index contributed by atoms with van der Waals surface area (Å²) in [6.45, 7) is 1.14. The summed E-state index contributed by atoms with van der Waals surface area (Å²) in [5.74, 6) is -0.791. The van der Waals surface area contributed by atoms with Crippen molar-refractivity contribution in [2.24, 2.45) is 0 Å². The summed E-state index contributed by atoms with van der Waals surface area (Å²) in [5, 5.41) is 2.66. The first kappa shape index (κ1) is 18.5. The Morgan fingerprint density at radius 1 is 1.17 bits per heavy atom. The summed E-state index contributed by atoms with van der Waals surface area (Å²) in [6, 6.07) is 10.3. The maximum absolute atomic E-state index is 11.8. The lowest BCUT2D eigenvalue weighted by atomic mass is 10.3. The number of thiophene rings is 1. The number of carbonyl (C=O) groups excluding carboxylic acids is 3. The van der Waals surface area contributed by atoms with Crippen LogP contribution in [0.15, 0.2) is 41.3 Å². The van der Waals surface area contributed by atoms with Crippen LogP contribution in [-0.2, 0) is 14.3 Å². The zero-order chi connectivity index (χ0) is 17.5. The van der Waals surface area contributed by atoms with E-state index in [1.165, 1.54) is 18.7 Å². The predicted molar refractivity (Wildman–Crippen MR) is 96.1 cm³/mol. The van der Waals surface area contributed by atoms with E-state index < -0.39 is 5.97 Å². The molecule has 1 amide bonds. The molecule has 5 nitrogen and oxygen atoms in total. The third-order valence-corrected chi connectivity index (χ3v) is 5.00. The molecule has 1 heterocycles. The molecule has 0 aliphatic carbocycles. The summed E-state index contributed by atoms with van der Waals surface area (Å²) in [4.78, 5) is 35.7. The van der Waals surface area contributed by atoms with Crippen molar-refractivity contribution >= 4 is 58.0 Å². The van der Waals surface area contributed by atoms with Gasteiger partial charge in [0.15, 0.2) is 6.61 Å². The molecule has 2 rings (SSSR count). The Kier molecular flexibility index (Phi) is 6.84. The third kappa shape index (κ3) is 5.99. The van der Waals surface area contributed by atoms with Gasteiger partial charge in [-0.05, 0) is 36.4 Å². The van der Waals surface area contributed by atoms with Crippen LogP contribution in [-0.4, -0.2) is 30.0 Å². The highest BCUT2D eigenvalue weighted by Gasteiger charge is 2.12. The molecule has 0 atom stereocenters. The van der Waals surface area contributed by atoms with E-state index in [0.717, 1.165) is 16.2 Å². The fraction of sp³-hybridized carbons (Fsp3) is 0.188. The molecule has 0 aliphatic heterocycles. The molecule has 0 fully saturated rings. The standard InChI is InChI=1S/C16H14ClNO4S2/c1-10(19)18-11-2-4-12(5-3-11)23-9-16(21)22-8-13(20)14-6-7-15(17)24-14/h2-7H,8-9H2,1H3,(H,18,19). The van der Waals surface area contributed by atoms with E-state index in [2.05, 4.69) is 5.32 Å². The predicted octanol–water partition coefficient (Wildman–Crippen LogP) is 3.88. The van der Waals surface area contributed by atoms with E-state index in [1.54, 1.807) is 36.4 Å². The van der Waals surface area contributed by atoms with Crippen LogP contribution < -0.4 is 5.32 Å². The topological polar surface area (TPSA) is 72.5 Å². The van der Waals surface area contributed by atoms with Gasteiger partial charge in [0.1, 0.15) is 0 Å². The van der Waals surface area contributed by atoms with E-state index in [9.17, 15) is 14.4 Å². The van der Waals surface area contributed by atoms with Gasteiger partial charge in [0.25, 0.3) is 0 Å². The van der Waals surface area contributed by atoms with Crippen molar-refractivity contribution in [2.45, 2.75) is 11.8 Å². The summed E-state index contributed by atoms with van der Waals surface area (Å²) < 4.78 is 5.48. The van der Waals surface area contributed by atoms with Crippen LogP contribution in [0.1, 0.15) is 16.6 Å². The van der Waals surface area contributed by atoms with E-state index in [1.807, 2.05) is 0 Å². The first-order valence-corrected chi connectivity index (χ1v) is 9.06. The molecule has 1 N–H and O–H groups in total. The van der Waals surface area contributed by atoms with Crippen LogP contribution in [0, 0.1) is 0 Å². The highest BCUT2D eigenvalue weighted by Crippen LogP contribution is 2.22. The number of ketones is 1. The van der Waals surface area contributed by atoms with Crippen LogP contribution in [0.25, 0.3) is 0 Å². The summed E-state index contributed by atoms with van der Waals surface area (Å²) in [7, 11) is 0. The van der Waals surface area contributed by atoms with Gasteiger partial charge < -0.3 is 10.1 Å². The molecule has 126 valence electrons. The van der Waals surface area contributed by atoms with Gasteiger partial charge in [0.05, 0.1) is 15.0 Å². The van der Waals surface area contributed by atoms with Crippen LogP contribution in [0.3, 0.4) is 0 Å². The normalized spacial score (nSPS) is 10.2. The second kappa shape index (κ2) is 8.86. The number of carbonyl (C=O) groups is 3. The van der Waals surface area contributed by atoms with Crippen molar-refractivity contribution in [1.82, 2.24) is 0 Å². The number of rotatable bonds is 7. The minimum Gasteiger partial charge on any atom is -0.457 e. The van der Waals surface area contributed by atoms with Gasteiger partial charge in [-0.1, -0.05) is 11.6 Å². The van der Waals surface area contributed by atoms with Gasteiger partial charge in [0, 0.05) is 17.5 Å². The molecule has 0 unspecified atom stereocenters. The summed E-state index contributed by atoms with van der Waals surface area (Å²) in [5.41, 5.74) is 0.689. The van der Waals surface area contributed by atoms with Gasteiger partial charge in [-0.15, -0.1) is 23.1 Å². The molecule has 0 bridgehead atoms. The second-order valence-corrected chi connectivity index (χ2v) is 7.45. The number of halogens is 1. The summed E-state index contributed by atoms with van der Waals surface area (Å²) >= 11 is 8.20. The number of benzene rings is 1. The molecule has 1 aromatic carbocycles. The van der Waals surface area contributed by atoms with Gasteiger partial charge in [-0.2, -0.15) is 0 Å². The highest BCUT2D eigenvalue weighted by molar-refractivity contribution is 8.00. The number of ether oxygens (including phenoxy) is 1. The first-order valence-electron chi connectivity index (χ1n) is 6.88. The Balaban J connectivity index is 1.74. The van der Waals surface area contributed by atoms with Crippen LogP contribution in [0.4, 0.5) is 5.69 Å². The fourth-order valence-corrected chi connectivity index (χ4v) is 3.37. The highest BCUT2D eigenvalue weighted by atomic mass is 35.5. The van der Waals surface area contributed by atoms with E-state index in [-0.39, 0.29) is 24.1 Å². The third-order valence-electron chi connectivity index (χ3n) is 2.74. The maximum Gasteiger partial charge on any atom is 0.316 e. The molecule has 0 aliphatic rings. The van der Waals surface area contributed by atoms with Gasteiger partial charge in [-0.25, -0.2) is 0 Å². The molecule has 1 aromatic heterocycles. The number of nitrogens with one attached hydrogen (secondary N) is 1. The zero-order valence-corrected chi connectivity index (χ0v) is 15.1. The SMILES string of the molecule is CC(=O)Nc1ccc(SCC(=O)OCC(=O)c2ccc(Cl)s2)cc1. The number of hydrogen-bond donors (Lipinski definition) is 1. The number of amides is 1. The number of thioether (sulfide) groups is 1. The van der Waals surface area contributed by atoms with Crippen LogP contribution in [0.5, 0.6) is 0 Å². The average molecular weight is 384 g/mol.